The first kappa shape index (κ1) is 18.1. The topological polar surface area (TPSA) is 36.4 Å². The number of hydrogen-bond acceptors (Lipinski definition) is 1. The minimum absolute atomic E-state index is 0. The summed E-state index contributed by atoms with van der Waals surface area (Å²) in [6.07, 6.45) is 2.90. The average Bonchev–Trinajstić information content (AvgIpc) is 3.16. The van der Waals surface area contributed by atoms with Gasteiger partial charge in [-0.2, -0.15) is 0 Å². The molecular weight excluding hydrogens is 387 g/mol. The SMILES string of the molecule is CCCCNC(=NC)NC1CC1c1c(F)cccc1F.I. The van der Waals surface area contributed by atoms with Gasteiger partial charge in [0.05, 0.1) is 0 Å². The Morgan fingerprint density at radius 3 is 2.57 bits per heavy atom. The third-order valence-corrected chi connectivity index (χ3v) is 3.53. The van der Waals surface area contributed by atoms with Gasteiger partial charge in [0.2, 0.25) is 0 Å². The predicted molar refractivity (Wildman–Crippen MR) is 92.3 cm³/mol. The predicted octanol–water partition coefficient (Wildman–Crippen LogP) is 3.40. The fraction of sp³-hybridized carbons (Fsp3) is 0.533. The van der Waals surface area contributed by atoms with Gasteiger partial charge in [0, 0.05) is 31.1 Å². The summed E-state index contributed by atoms with van der Waals surface area (Å²) >= 11 is 0. The van der Waals surface area contributed by atoms with Crippen molar-refractivity contribution >= 4 is 29.9 Å². The molecule has 0 saturated heterocycles. The Kier molecular flexibility index (Phi) is 7.34. The van der Waals surface area contributed by atoms with E-state index in [4.69, 9.17) is 0 Å². The summed E-state index contributed by atoms with van der Waals surface area (Å²) in [6.45, 7) is 2.97. The second kappa shape index (κ2) is 8.51. The highest BCUT2D eigenvalue weighted by Crippen LogP contribution is 2.42. The van der Waals surface area contributed by atoms with Crippen LogP contribution in [0, 0.1) is 11.6 Å². The van der Waals surface area contributed by atoms with Crippen LogP contribution < -0.4 is 10.6 Å². The van der Waals surface area contributed by atoms with Gasteiger partial charge in [-0.1, -0.05) is 19.4 Å². The van der Waals surface area contributed by atoms with Crippen molar-refractivity contribution in [3.63, 3.8) is 0 Å². The van der Waals surface area contributed by atoms with E-state index in [-0.39, 0.29) is 41.5 Å². The van der Waals surface area contributed by atoms with Gasteiger partial charge >= 0.3 is 0 Å². The van der Waals surface area contributed by atoms with Crippen molar-refractivity contribution in [2.24, 2.45) is 4.99 Å². The Bertz CT molecular complexity index is 474. The Labute approximate surface area is 141 Å². The molecule has 1 aromatic rings. The van der Waals surface area contributed by atoms with E-state index in [1.807, 2.05) is 0 Å². The molecular formula is C15H22F2IN3. The van der Waals surface area contributed by atoms with E-state index < -0.39 is 11.6 Å². The smallest absolute Gasteiger partial charge is 0.191 e. The maximum Gasteiger partial charge on any atom is 0.191 e. The van der Waals surface area contributed by atoms with E-state index in [0.29, 0.717) is 5.96 Å². The second-order valence-corrected chi connectivity index (χ2v) is 5.08. The Morgan fingerprint density at radius 1 is 1.33 bits per heavy atom. The number of unbranched alkanes of at least 4 members (excludes halogenated alkanes) is 1. The molecule has 1 fully saturated rings. The normalized spacial score (nSPS) is 20.7. The lowest BCUT2D eigenvalue weighted by Gasteiger charge is -2.11. The number of guanidine groups is 1. The lowest BCUT2D eigenvalue weighted by atomic mass is 10.1. The van der Waals surface area contributed by atoms with E-state index >= 15 is 0 Å². The second-order valence-electron chi connectivity index (χ2n) is 5.08. The van der Waals surface area contributed by atoms with Crippen LogP contribution in [0.15, 0.2) is 23.2 Å². The number of nitrogens with zero attached hydrogens (tertiary/aromatic N) is 1. The summed E-state index contributed by atoms with van der Waals surface area (Å²) in [5, 5.41) is 6.40. The standard InChI is InChI=1S/C15H21F2N3.HI/c1-3-4-8-19-15(18-2)20-13-9-10(13)14-11(16)6-5-7-12(14)17;/h5-7,10,13H,3-4,8-9H2,1-2H3,(H2,18,19,20);1H. The van der Waals surface area contributed by atoms with E-state index in [0.717, 1.165) is 25.8 Å². The molecule has 0 radical (unpaired) electrons. The molecule has 0 aliphatic heterocycles. The maximum atomic E-state index is 13.7. The molecule has 1 aromatic carbocycles. The van der Waals surface area contributed by atoms with Crippen LogP contribution in [0.2, 0.25) is 0 Å². The molecule has 0 heterocycles. The molecule has 0 spiro atoms. The fourth-order valence-electron chi connectivity index (χ4n) is 2.29. The van der Waals surface area contributed by atoms with Crippen molar-refractivity contribution in [2.75, 3.05) is 13.6 Å². The minimum Gasteiger partial charge on any atom is -0.356 e. The van der Waals surface area contributed by atoms with Crippen LogP contribution in [-0.2, 0) is 0 Å². The van der Waals surface area contributed by atoms with E-state index in [9.17, 15) is 8.78 Å². The lowest BCUT2D eigenvalue weighted by molar-refractivity contribution is 0.553. The molecule has 3 nitrogen and oxygen atoms in total. The Balaban J connectivity index is 0.00000220. The zero-order valence-electron chi connectivity index (χ0n) is 12.3. The third-order valence-electron chi connectivity index (χ3n) is 3.53. The highest BCUT2D eigenvalue weighted by Gasteiger charge is 2.42. The highest BCUT2D eigenvalue weighted by atomic mass is 127. The molecule has 0 bridgehead atoms. The number of nitrogens with one attached hydrogen (secondary N) is 2. The third kappa shape index (κ3) is 4.79. The van der Waals surface area contributed by atoms with E-state index in [2.05, 4.69) is 22.5 Å². The van der Waals surface area contributed by atoms with Crippen molar-refractivity contribution in [3.8, 4) is 0 Å². The largest absolute Gasteiger partial charge is 0.356 e. The maximum absolute atomic E-state index is 13.7. The van der Waals surface area contributed by atoms with Gasteiger partial charge in [-0.15, -0.1) is 24.0 Å². The lowest BCUT2D eigenvalue weighted by Crippen LogP contribution is -2.39. The molecule has 1 aliphatic carbocycles. The first-order chi connectivity index (χ1) is 9.67. The van der Waals surface area contributed by atoms with Gasteiger partial charge < -0.3 is 10.6 Å². The van der Waals surface area contributed by atoms with E-state index in [1.54, 1.807) is 7.05 Å². The molecule has 21 heavy (non-hydrogen) atoms. The summed E-state index contributed by atoms with van der Waals surface area (Å²) in [5.74, 6) is -0.343. The molecule has 118 valence electrons. The van der Waals surface area contributed by atoms with Gasteiger partial charge in [-0.3, -0.25) is 4.99 Å². The quantitative estimate of drug-likeness (QED) is 0.339. The van der Waals surface area contributed by atoms with Crippen LogP contribution in [0.3, 0.4) is 0 Å². The van der Waals surface area contributed by atoms with Crippen molar-refractivity contribution in [3.05, 3.63) is 35.4 Å². The van der Waals surface area contributed by atoms with Gasteiger partial charge in [0.15, 0.2) is 5.96 Å². The van der Waals surface area contributed by atoms with E-state index in [1.165, 1.54) is 18.2 Å². The van der Waals surface area contributed by atoms with Crippen LogP contribution in [0.4, 0.5) is 8.78 Å². The summed E-state index contributed by atoms with van der Waals surface area (Å²) < 4.78 is 27.3. The van der Waals surface area contributed by atoms with Crippen LogP contribution in [0.25, 0.3) is 0 Å². The molecule has 1 saturated carbocycles. The number of hydrogen-bond donors (Lipinski definition) is 2. The van der Waals surface area contributed by atoms with Gasteiger partial charge in [-0.05, 0) is 25.0 Å². The molecule has 2 atom stereocenters. The molecule has 0 amide bonds. The molecule has 6 heteroatoms. The highest BCUT2D eigenvalue weighted by molar-refractivity contribution is 14.0. The van der Waals surface area contributed by atoms with Crippen molar-refractivity contribution in [2.45, 2.75) is 38.1 Å². The molecule has 0 aromatic heterocycles. The zero-order valence-corrected chi connectivity index (χ0v) is 14.7. The molecule has 2 N–H and O–H groups in total. The summed E-state index contributed by atoms with van der Waals surface area (Å²) in [6, 6.07) is 4.06. The van der Waals surface area contributed by atoms with Crippen LogP contribution in [0.1, 0.15) is 37.7 Å². The van der Waals surface area contributed by atoms with Crippen LogP contribution in [0.5, 0.6) is 0 Å². The Morgan fingerprint density at radius 2 is 2.00 bits per heavy atom. The number of aliphatic imine (C=N–C) groups is 1. The average molecular weight is 409 g/mol. The first-order valence-corrected chi connectivity index (χ1v) is 7.08. The van der Waals surface area contributed by atoms with Crippen molar-refractivity contribution in [1.29, 1.82) is 0 Å². The monoisotopic (exact) mass is 409 g/mol. The molecule has 2 rings (SSSR count). The molecule has 2 unspecified atom stereocenters. The Hall–Kier alpha value is -0.920. The fourth-order valence-corrected chi connectivity index (χ4v) is 2.29. The molecule has 1 aliphatic rings. The van der Waals surface area contributed by atoms with Gasteiger partial charge in [-0.25, -0.2) is 8.78 Å². The number of benzene rings is 1. The van der Waals surface area contributed by atoms with Crippen molar-refractivity contribution in [1.82, 2.24) is 10.6 Å². The van der Waals surface area contributed by atoms with Gasteiger partial charge in [0.25, 0.3) is 0 Å². The van der Waals surface area contributed by atoms with Gasteiger partial charge in [0.1, 0.15) is 11.6 Å². The minimum atomic E-state index is -0.465. The number of halogens is 3. The number of rotatable bonds is 5. The first-order valence-electron chi connectivity index (χ1n) is 7.08. The zero-order chi connectivity index (χ0) is 14.5. The summed E-state index contributed by atoms with van der Waals surface area (Å²) in [5.41, 5.74) is 0.189. The van der Waals surface area contributed by atoms with Crippen molar-refractivity contribution < 1.29 is 8.78 Å². The summed E-state index contributed by atoms with van der Waals surface area (Å²) in [4.78, 5) is 4.12. The van der Waals surface area contributed by atoms with Crippen LogP contribution >= 0.6 is 24.0 Å². The van der Waals surface area contributed by atoms with Crippen LogP contribution in [-0.4, -0.2) is 25.6 Å². The summed E-state index contributed by atoms with van der Waals surface area (Å²) in [7, 11) is 1.70.